The van der Waals surface area contributed by atoms with Gasteiger partial charge in [-0.05, 0) is 52.6 Å². The van der Waals surface area contributed by atoms with E-state index in [0.29, 0.717) is 43.8 Å². The Hall–Kier alpha value is -3.87. The van der Waals surface area contributed by atoms with E-state index < -0.39 is 12.1 Å². The van der Waals surface area contributed by atoms with Crippen molar-refractivity contribution in [1.29, 1.82) is 0 Å². The van der Waals surface area contributed by atoms with Gasteiger partial charge in [-0.2, -0.15) is 0 Å². The number of hydrogen-bond acceptors (Lipinski definition) is 6. The molecule has 4 aromatic rings. The molecule has 1 heterocycles. The second kappa shape index (κ2) is 11.9. The van der Waals surface area contributed by atoms with Crippen molar-refractivity contribution in [3.8, 4) is 22.6 Å². The quantitative estimate of drug-likeness (QED) is 0.169. The number of rotatable bonds is 9. The first-order valence-electron chi connectivity index (χ1n) is 11.3. The molecule has 4 rings (SSSR count). The molecule has 0 spiro atoms. The molecule has 6 nitrogen and oxygen atoms in total. The van der Waals surface area contributed by atoms with Crippen LogP contribution in [0.15, 0.2) is 79.1 Å². The molecule has 0 bridgehead atoms. The van der Waals surface area contributed by atoms with Gasteiger partial charge in [0.15, 0.2) is 11.5 Å². The van der Waals surface area contributed by atoms with Crippen molar-refractivity contribution < 1.29 is 23.8 Å². The van der Waals surface area contributed by atoms with Crippen LogP contribution in [0, 0.1) is 0 Å². The lowest BCUT2D eigenvalue weighted by Gasteiger charge is -2.21. The fourth-order valence-electron chi connectivity index (χ4n) is 3.91. The van der Waals surface area contributed by atoms with E-state index in [1.807, 2.05) is 12.1 Å². The molecule has 0 aliphatic rings. The van der Waals surface area contributed by atoms with Crippen LogP contribution >= 0.6 is 23.2 Å². The van der Waals surface area contributed by atoms with Gasteiger partial charge in [0.25, 0.3) is 0 Å². The second-order valence-corrected chi connectivity index (χ2v) is 8.93. The maximum Gasteiger partial charge on any atom is 0.338 e. The first-order valence-corrected chi connectivity index (χ1v) is 12.1. The van der Waals surface area contributed by atoms with Crippen molar-refractivity contribution in [2.75, 3.05) is 14.2 Å². The van der Waals surface area contributed by atoms with E-state index >= 15 is 0 Å². The average Bonchev–Trinajstić information content (AvgIpc) is 2.94. The van der Waals surface area contributed by atoms with Crippen LogP contribution in [0.1, 0.15) is 37.9 Å². The van der Waals surface area contributed by atoms with Gasteiger partial charge in [0, 0.05) is 24.4 Å². The van der Waals surface area contributed by atoms with Crippen molar-refractivity contribution in [2.45, 2.75) is 12.5 Å². The topological polar surface area (TPSA) is 74.7 Å². The third-order valence-corrected chi connectivity index (χ3v) is 6.48. The molecule has 1 aromatic heterocycles. The van der Waals surface area contributed by atoms with Crippen molar-refractivity contribution in [2.24, 2.45) is 0 Å². The molecule has 188 valence electrons. The molecule has 0 unspecified atom stereocenters. The lowest BCUT2D eigenvalue weighted by atomic mass is 10.00. The number of carbonyl (C=O) groups is 2. The minimum Gasteiger partial charge on any atom is -0.493 e. The van der Waals surface area contributed by atoms with Crippen LogP contribution in [-0.4, -0.2) is 31.5 Å². The maximum atomic E-state index is 13.4. The van der Waals surface area contributed by atoms with E-state index in [-0.39, 0.29) is 6.42 Å². The van der Waals surface area contributed by atoms with Crippen LogP contribution in [0.4, 0.5) is 0 Å². The van der Waals surface area contributed by atoms with Gasteiger partial charge in [0.05, 0.1) is 29.8 Å². The van der Waals surface area contributed by atoms with Gasteiger partial charge in [-0.3, -0.25) is 9.78 Å². The summed E-state index contributed by atoms with van der Waals surface area (Å²) in [6.07, 6.45) is 3.24. The predicted octanol–water partition coefficient (Wildman–Crippen LogP) is 7.03. The van der Waals surface area contributed by atoms with Crippen LogP contribution in [0.25, 0.3) is 11.1 Å². The molecule has 0 amide bonds. The summed E-state index contributed by atoms with van der Waals surface area (Å²) < 4.78 is 16.8. The highest BCUT2D eigenvalue weighted by atomic mass is 35.5. The first-order chi connectivity index (χ1) is 17.9. The zero-order valence-electron chi connectivity index (χ0n) is 20.1. The number of nitrogens with zero attached hydrogens (tertiary/aromatic N) is 1. The number of hydrogen-bond donors (Lipinski definition) is 0. The summed E-state index contributed by atoms with van der Waals surface area (Å²) >= 11 is 12.8. The Labute approximate surface area is 224 Å². The van der Waals surface area contributed by atoms with Crippen molar-refractivity contribution >= 4 is 35.5 Å². The molecule has 8 heteroatoms. The van der Waals surface area contributed by atoms with E-state index in [2.05, 4.69) is 4.98 Å². The number of esters is 1. The monoisotopic (exact) mass is 535 g/mol. The van der Waals surface area contributed by atoms with Crippen LogP contribution < -0.4 is 9.47 Å². The number of halogens is 2. The van der Waals surface area contributed by atoms with E-state index in [1.54, 1.807) is 61.7 Å². The number of ether oxygens (including phenoxy) is 3. The summed E-state index contributed by atoms with van der Waals surface area (Å²) in [7, 11) is 3.08. The maximum absolute atomic E-state index is 13.4. The Morgan fingerprint density at radius 3 is 2.24 bits per heavy atom. The van der Waals surface area contributed by atoms with Gasteiger partial charge in [0.2, 0.25) is 0 Å². The highest BCUT2D eigenvalue weighted by Crippen LogP contribution is 2.35. The zero-order chi connectivity index (χ0) is 26.4. The minimum atomic E-state index is -0.744. The average molecular weight is 536 g/mol. The number of methoxy groups -OCH3 is 2. The highest BCUT2D eigenvalue weighted by molar-refractivity contribution is 6.35. The summed E-state index contributed by atoms with van der Waals surface area (Å²) in [4.78, 5) is 28.6. The Bertz CT molecular complexity index is 1420. The fraction of sp³-hybridized carbons (Fsp3) is 0.138. The Morgan fingerprint density at radius 2 is 1.57 bits per heavy atom. The molecule has 0 saturated heterocycles. The largest absolute Gasteiger partial charge is 0.493 e. The molecule has 0 N–H and O–H groups in total. The molecule has 0 aliphatic heterocycles. The lowest BCUT2D eigenvalue weighted by Crippen LogP contribution is -2.15. The summed E-state index contributed by atoms with van der Waals surface area (Å²) in [6, 6.07) is 19.5. The molecule has 37 heavy (non-hydrogen) atoms. The van der Waals surface area contributed by atoms with Gasteiger partial charge in [-0.25, -0.2) is 4.79 Å². The number of benzene rings is 3. The Morgan fingerprint density at radius 1 is 0.892 bits per heavy atom. The van der Waals surface area contributed by atoms with Gasteiger partial charge >= 0.3 is 5.97 Å². The molecule has 3 aromatic carbocycles. The van der Waals surface area contributed by atoms with Crippen molar-refractivity contribution in [1.82, 2.24) is 4.98 Å². The van der Waals surface area contributed by atoms with Crippen LogP contribution in [-0.2, 0) is 11.2 Å². The van der Waals surface area contributed by atoms with Gasteiger partial charge < -0.3 is 14.2 Å². The summed E-state index contributed by atoms with van der Waals surface area (Å²) in [5, 5.41) is 0.733. The van der Waals surface area contributed by atoms with E-state index in [4.69, 9.17) is 37.4 Å². The Balaban J connectivity index is 1.69. The van der Waals surface area contributed by atoms with E-state index in [1.165, 1.54) is 19.5 Å². The third kappa shape index (κ3) is 6.10. The lowest BCUT2D eigenvalue weighted by molar-refractivity contribution is 0.0297. The molecular weight excluding hydrogens is 513 g/mol. The molecule has 0 saturated carbocycles. The van der Waals surface area contributed by atoms with E-state index in [0.717, 1.165) is 17.4 Å². The number of pyridine rings is 1. The Kier molecular flexibility index (Phi) is 8.43. The summed E-state index contributed by atoms with van der Waals surface area (Å²) in [6.45, 7) is 0. The smallest absolute Gasteiger partial charge is 0.338 e. The first kappa shape index (κ1) is 26.2. The van der Waals surface area contributed by atoms with Crippen LogP contribution in [0.5, 0.6) is 11.5 Å². The molecular formula is C29H23Cl2NO5. The SMILES string of the molecule is COc1ccc([C@H](Cc2c(Cl)cncc2Cl)OC(=O)c2cccc(-c3cccc(C=O)c3)c2)cc1OC. The van der Waals surface area contributed by atoms with Gasteiger partial charge in [-0.15, -0.1) is 0 Å². The summed E-state index contributed by atoms with van der Waals surface area (Å²) in [5.74, 6) is 0.501. The molecule has 0 fully saturated rings. The highest BCUT2D eigenvalue weighted by Gasteiger charge is 2.23. The predicted molar refractivity (Wildman–Crippen MR) is 143 cm³/mol. The molecule has 0 aliphatic carbocycles. The molecule has 1 atom stereocenters. The third-order valence-electron chi connectivity index (χ3n) is 5.82. The van der Waals surface area contributed by atoms with Crippen molar-refractivity contribution in [3.05, 3.63) is 111 Å². The standard InChI is InChI=1S/C29H23Cl2NO5/c1-35-26-10-9-21(13-28(26)36-2)27(14-23-24(30)15-32-16-25(23)31)37-29(34)22-8-4-7-20(12-22)19-6-3-5-18(11-19)17-33/h3-13,15-17,27H,14H2,1-2H3/t27-/m0/s1. The minimum absolute atomic E-state index is 0.211. The second-order valence-electron chi connectivity index (χ2n) is 8.12. The zero-order valence-corrected chi connectivity index (χ0v) is 21.6. The van der Waals surface area contributed by atoms with Crippen LogP contribution in [0.3, 0.4) is 0 Å². The normalized spacial score (nSPS) is 11.5. The van der Waals surface area contributed by atoms with Gasteiger partial charge in [0.1, 0.15) is 12.4 Å². The summed E-state index contributed by atoms with van der Waals surface area (Å²) in [5.41, 5.74) is 3.76. The fourth-order valence-corrected chi connectivity index (χ4v) is 4.43. The van der Waals surface area contributed by atoms with Crippen LogP contribution in [0.2, 0.25) is 10.0 Å². The van der Waals surface area contributed by atoms with Crippen molar-refractivity contribution in [3.63, 3.8) is 0 Å². The number of aromatic nitrogens is 1. The number of carbonyl (C=O) groups excluding carboxylic acids is 2. The van der Waals surface area contributed by atoms with E-state index in [9.17, 15) is 9.59 Å². The number of aldehydes is 1. The van der Waals surface area contributed by atoms with Gasteiger partial charge in [-0.1, -0.05) is 59.6 Å². The molecule has 0 radical (unpaired) electrons.